The van der Waals surface area contributed by atoms with E-state index in [4.69, 9.17) is 37.0 Å². The summed E-state index contributed by atoms with van der Waals surface area (Å²) in [4.78, 5) is 72.3. The molecule has 0 saturated heterocycles. The van der Waals surface area contributed by atoms with Crippen LogP contribution in [0.1, 0.15) is 305 Å². The maximum atomic E-state index is 13.0. The Morgan fingerprint density at radius 3 is 1.03 bits per heavy atom. The molecule has 0 saturated carbocycles. The van der Waals surface area contributed by atoms with E-state index in [1.165, 1.54) is 96.3 Å². The number of aliphatic hydroxyl groups excluding tert-OH is 1. The molecule has 86 heavy (non-hydrogen) atoms. The number of hydrogen-bond acceptors (Lipinski definition) is 15. The SMILES string of the molecule is CCCCCC/C=C\C=C/CCCCCCCC(=O)OC[C@H](COP(=O)(O)OCC(O)COP(=O)(O)OC[C@@H](COC(=O)CCCCCCCCCCC(C)C)OC(=O)CCCCCCCCCC(C)C)OC(=O)CCCCCCCCC(C)CC. The number of unbranched alkanes of at least 4 members (excludes halogenated alkanes) is 27. The molecule has 0 aromatic carbocycles. The highest BCUT2D eigenvalue weighted by atomic mass is 31.2. The molecule has 0 aliphatic carbocycles. The summed E-state index contributed by atoms with van der Waals surface area (Å²) in [5.41, 5.74) is 0. The Balaban J connectivity index is 5.26. The third-order valence-electron chi connectivity index (χ3n) is 15.1. The third-order valence-corrected chi connectivity index (χ3v) is 17.0. The lowest BCUT2D eigenvalue weighted by Gasteiger charge is -2.21. The van der Waals surface area contributed by atoms with Gasteiger partial charge in [-0.05, 0) is 69.1 Å². The average Bonchev–Trinajstić information content (AvgIpc) is 3.62. The highest BCUT2D eigenvalue weighted by Crippen LogP contribution is 2.45. The van der Waals surface area contributed by atoms with E-state index in [9.17, 15) is 43.2 Å². The van der Waals surface area contributed by atoms with E-state index in [0.717, 1.165) is 115 Å². The van der Waals surface area contributed by atoms with Gasteiger partial charge in [0.25, 0.3) is 0 Å². The van der Waals surface area contributed by atoms with Crippen molar-refractivity contribution in [2.45, 2.75) is 324 Å². The lowest BCUT2D eigenvalue weighted by molar-refractivity contribution is -0.161. The summed E-state index contributed by atoms with van der Waals surface area (Å²) in [7, 11) is -9.91. The number of aliphatic hydroxyl groups is 1. The van der Waals surface area contributed by atoms with Gasteiger partial charge in [-0.2, -0.15) is 0 Å². The Morgan fingerprint density at radius 1 is 0.384 bits per heavy atom. The molecule has 506 valence electrons. The summed E-state index contributed by atoms with van der Waals surface area (Å²) in [6.07, 6.45) is 42.7. The lowest BCUT2D eigenvalue weighted by atomic mass is 10.00. The Kier molecular flexibility index (Phi) is 56.0. The predicted molar refractivity (Wildman–Crippen MR) is 344 cm³/mol. The van der Waals surface area contributed by atoms with Gasteiger partial charge < -0.3 is 33.8 Å². The van der Waals surface area contributed by atoms with Crippen molar-refractivity contribution in [1.82, 2.24) is 0 Å². The molecule has 0 bridgehead atoms. The van der Waals surface area contributed by atoms with Crippen molar-refractivity contribution in [3.05, 3.63) is 24.3 Å². The van der Waals surface area contributed by atoms with Crippen LogP contribution < -0.4 is 0 Å². The van der Waals surface area contributed by atoms with Gasteiger partial charge in [-0.1, -0.05) is 253 Å². The average molecular weight is 1270 g/mol. The molecule has 3 N–H and O–H groups in total. The van der Waals surface area contributed by atoms with Crippen LogP contribution in [0.2, 0.25) is 0 Å². The Morgan fingerprint density at radius 2 is 0.686 bits per heavy atom. The molecule has 0 aromatic heterocycles. The Labute approximate surface area is 522 Å². The largest absolute Gasteiger partial charge is 0.472 e. The summed E-state index contributed by atoms with van der Waals surface area (Å²) in [6.45, 7) is 11.6. The number of rotatable bonds is 63. The van der Waals surface area contributed by atoms with E-state index in [1.807, 2.05) is 0 Å². The first-order valence-electron chi connectivity index (χ1n) is 34.2. The molecule has 0 fully saturated rings. The zero-order valence-corrected chi connectivity index (χ0v) is 57.0. The van der Waals surface area contributed by atoms with Crippen LogP contribution in [-0.2, 0) is 65.4 Å². The van der Waals surface area contributed by atoms with E-state index in [1.54, 1.807) is 0 Å². The number of carbonyl (C=O) groups is 4. The van der Waals surface area contributed by atoms with Gasteiger partial charge in [0.15, 0.2) is 12.2 Å². The smallest absolute Gasteiger partial charge is 0.462 e. The minimum Gasteiger partial charge on any atom is -0.462 e. The quantitative estimate of drug-likeness (QED) is 0.0169. The number of ether oxygens (including phenoxy) is 4. The first kappa shape index (κ1) is 83.5. The monoisotopic (exact) mass is 1260 g/mol. The van der Waals surface area contributed by atoms with Gasteiger partial charge in [-0.3, -0.25) is 37.3 Å². The number of hydrogen-bond donors (Lipinski definition) is 3. The second kappa shape index (κ2) is 57.7. The number of esters is 4. The van der Waals surface area contributed by atoms with Gasteiger partial charge in [-0.15, -0.1) is 0 Å². The van der Waals surface area contributed by atoms with E-state index in [2.05, 4.69) is 72.8 Å². The summed E-state index contributed by atoms with van der Waals surface area (Å²) < 4.78 is 68.0. The highest BCUT2D eigenvalue weighted by Gasteiger charge is 2.30. The van der Waals surface area contributed by atoms with Crippen molar-refractivity contribution in [2.24, 2.45) is 17.8 Å². The molecule has 17 nitrogen and oxygen atoms in total. The molecule has 0 aliphatic heterocycles. The minimum atomic E-state index is -4.96. The summed E-state index contributed by atoms with van der Waals surface area (Å²) in [5, 5.41) is 10.5. The molecular formula is C67H126O17P2. The van der Waals surface area contributed by atoms with Gasteiger partial charge in [0, 0.05) is 25.7 Å². The number of allylic oxidation sites excluding steroid dienone is 4. The second-order valence-electron chi connectivity index (χ2n) is 24.7. The van der Waals surface area contributed by atoms with Crippen molar-refractivity contribution in [3.63, 3.8) is 0 Å². The van der Waals surface area contributed by atoms with Gasteiger partial charge in [-0.25, -0.2) is 9.13 Å². The molecule has 0 radical (unpaired) electrons. The van der Waals surface area contributed by atoms with Crippen LogP contribution in [0.3, 0.4) is 0 Å². The van der Waals surface area contributed by atoms with Crippen LogP contribution >= 0.6 is 15.6 Å². The van der Waals surface area contributed by atoms with E-state index in [0.29, 0.717) is 37.5 Å². The van der Waals surface area contributed by atoms with Crippen LogP contribution in [0.25, 0.3) is 0 Å². The van der Waals surface area contributed by atoms with Gasteiger partial charge in [0.1, 0.15) is 19.3 Å². The molecule has 0 aliphatic rings. The summed E-state index contributed by atoms with van der Waals surface area (Å²) in [6, 6.07) is 0. The molecule has 0 spiro atoms. The fourth-order valence-corrected chi connectivity index (χ4v) is 11.0. The molecule has 19 heteroatoms. The van der Waals surface area contributed by atoms with Crippen molar-refractivity contribution in [3.8, 4) is 0 Å². The molecule has 0 heterocycles. The van der Waals surface area contributed by atoms with Crippen LogP contribution in [0.5, 0.6) is 0 Å². The number of phosphoric ester groups is 2. The maximum Gasteiger partial charge on any atom is 0.472 e. The van der Waals surface area contributed by atoms with E-state index in [-0.39, 0.29) is 25.7 Å². The molecule has 4 unspecified atom stereocenters. The topological polar surface area (TPSA) is 237 Å². The summed E-state index contributed by atoms with van der Waals surface area (Å²) in [5.74, 6) is -0.0320. The fourth-order valence-electron chi connectivity index (χ4n) is 9.44. The van der Waals surface area contributed by atoms with E-state index < -0.39 is 97.5 Å². The lowest BCUT2D eigenvalue weighted by Crippen LogP contribution is -2.30. The van der Waals surface area contributed by atoms with Crippen molar-refractivity contribution in [1.29, 1.82) is 0 Å². The number of phosphoric acid groups is 2. The van der Waals surface area contributed by atoms with Crippen LogP contribution in [0.15, 0.2) is 24.3 Å². The van der Waals surface area contributed by atoms with Crippen LogP contribution in [0, 0.1) is 17.8 Å². The van der Waals surface area contributed by atoms with Gasteiger partial charge in [0.2, 0.25) is 0 Å². The highest BCUT2D eigenvalue weighted by molar-refractivity contribution is 7.47. The fraction of sp³-hybridized carbons (Fsp3) is 0.881. The van der Waals surface area contributed by atoms with Crippen molar-refractivity contribution in [2.75, 3.05) is 39.6 Å². The molecule has 6 atom stereocenters. The molecule has 0 amide bonds. The zero-order valence-electron chi connectivity index (χ0n) is 55.3. The minimum absolute atomic E-state index is 0.0955. The Bertz CT molecular complexity index is 1790. The number of carbonyl (C=O) groups excluding carboxylic acids is 4. The summed E-state index contributed by atoms with van der Waals surface area (Å²) >= 11 is 0. The van der Waals surface area contributed by atoms with Crippen molar-refractivity contribution < 1.29 is 80.2 Å². The van der Waals surface area contributed by atoms with Crippen LogP contribution in [0.4, 0.5) is 0 Å². The van der Waals surface area contributed by atoms with Gasteiger partial charge >= 0.3 is 39.5 Å². The third kappa shape index (κ3) is 59.2. The first-order valence-corrected chi connectivity index (χ1v) is 37.2. The first-order chi connectivity index (χ1) is 41.3. The normalized spacial score (nSPS) is 14.8. The van der Waals surface area contributed by atoms with Gasteiger partial charge in [0.05, 0.1) is 26.4 Å². The second-order valence-corrected chi connectivity index (χ2v) is 27.6. The standard InChI is InChI=1S/C67H126O17P2/c1-8-10-11-12-13-14-15-16-17-18-19-20-26-34-41-48-64(69)77-55-63(84-67(72)51-44-37-30-29-33-40-47-60(7)9-2)57-82-86(75,76)80-53-61(68)52-79-85(73,74)81-56-62(83-66(71)50-43-36-28-23-25-32-39-46-59(5)6)54-78-65(70)49-42-35-27-22-21-24-31-38-45-58(3)4/h14-17,58-63,68H,8-13,18-57H2,1-7H3,(H,73,74)(H,75,76)/b15-14-,17-16-/t60?,61?,62-,63-/m1/s1. The van der Waals surface area contributed by atoms with Crippen LogP contribution in [-0.4, -0.2) is 96.7 Å². The maximum absolute atomic E-state index is 13.0. The molecular weight excluding hydrogens is 1140 g/mol. The molecule has 0 aromatic rings. The Hall–Kier alpha value is -2.46. The predicted octanol–water partition coefficient (Wildman–Crippen LogP) is 18.2. The van der Waals surface area contributed by atoms with E-state index >= 15 is 0 Å². The molecule has 0 rings (SSSR count). The zero-order chi connectivity index (χ0) is 63.8. The van der Waals surface area contributed by atoms with Crippen molar-refractivity contribution >= 4 is 39.5 Å².